The monoisotopic (exact) mass is 346 g/mol. The summed E-state index contributed by atoms with van der Waals surface area (Å²) in [5.41, 5.74) is 0. The maximum absolute atomic E-state index is 2.31. The zero-order chi connectivity index (χ0) is 13.1. The molecule has 0 saturated carbocycles. The summed E-state index contributed by atoms with van der Waals surface area (Å²) in [6.45, 7) is 0. The Morgan fingerprint density at radius 2 is 1.35 bits per heavy atom. The van der Waals surface area contributed by atoms with Gasteiger partial charge in [0.25, 0.3) is 0 Å². The lowest BCUT2D eigenvalue weighted by Gasteiger charge is -2.13. The molecule has 0 unspecified atom stereocenters. The molecule has 2 nitrogen and oxygen atoms in total. The van der Waals surface area contributed by atoms with E-state index in [2.05, 4.69) is 95.3 Å². The molecule has 2 aromatic carbocycles. The Bertz CT molecular complexity index is 613. The molecule has 0 aliphatic carbocycles. The van der Waals surface area contributed by atoms with Gasteiger partial charge in [0.1, 0.15) is 12.4 Å². The predicted octanol–water partition coefficient (Wildman–Crippen LogP) is -0.787. The molecule has 3 aromatic rings. The number of aryl methyl sites for hydroxylation is 1. The van der Waals surface area contributed by atoms with Crippen molar-refractivity contribution in [1.29, 1.82) is 0 Å². The SMILES string of the molecule is C[n+]1ccn(P(c2ccccc2)c2ccccc2)c1.[Br-]. The van der Waals surface area contributed by atoms with Crippen molar-refractivity contribution in [3.63, 3.8) is 0 Å². The van der Waals surface area contributed by atoms with Crippen LogP contribution in [0.4, 0.5) is 0 Å². The Balaban J connectivity index is 0.00000147. The first kappa shape index (κ1) is 15.0. The van der Waals surface area contributed by atoms with Crippen LogP contribution in [-0.4, -0.2) is 4.34 Å². The van der Waals surface area contributed by atoms with Crippen LogP contribution in [0.3, 0.4) is 0 Å². The summed E-state index contributed by atoms with van der Waals surface area (Å²) >= 11 is 0. The second-order valence-electron chi connectivity index (χ2n) is 4.44. The average molecular weight is 347 g/mol. The Labute approximate surface area is 131 Å². The molecule has 1 aromatic heterocycles. The molecule has 0 saturated heterocycles. The van der Waals surface area contributed by atoms with Crippen LogP contribution in [0.2, 0.25) is 0 Å². The Kier molecular flexibility index (Phi) is 5.11. The van der Waals surface area contributed by atoms with E-state index in [0.717, 1.165) is 0 Å². The predicted molar refractivity (Wildman–Crippen MR) is 80.1 cm³/mol. The number of hydrogen-bond acceptors (Lipinski definition) is 0. The third-order valence-electron chi connectivity index (χ3n) is 2.99. The fraction of sp³-hybridized carbons (Fsp3) is 0.0625. The largest absolute Gasteiger partial charge is 1.00 e. The maximum atomic E-state index is 2.31. The lowest BCUT2D eigenvalue weighted by molar-refractivity contribution is -0.670. The van der Waals surface area contributed by atoms with Crippen molar-refractivity contribution in [3.8, 4) is 0 Å². The molecule has 0 spiro atoms. The van der Waals surface area contributed by atoms with E-state index in [-0.39, 0.29) is 17.0 Å². The van der Waals surface area contributed by atoms with E-state index in [1.54, 1.807) is 0 Å². The lowest BCUT2D eigenvalue weighted by atomic mass is 10.4. The Hall–Kier alpha value is -1.44. The molecule has 0 fully saturated rings. The van der Waals surface area contributed by atoms with Crippen LogP contribution in [0.1, 0.15) is 0 Å². The molecule has 102 valence electrons. The number of aromatic nitrogens is 2. The van der Waals surface area contributed by atoms with Gasteiger partial charge < -0.3 is 17.0 Å². The van der Waals surface area contributed by atoms with Crippen LogP contribution in [0, 0.1) is 0 Å². The number of rotatable bonds is 3. The average Bonchev–Trinajstić information content (AvgIpc) is 2.88. The molecule has 0 bridgehead atoms. The summed E-state index contributed by atoms with van der Waals surface area (Å²) in [5.74, 6) is 0. The highest BCUT2D eigenvalue weighted by molar-refractivity contribution is 7.71. The molecule has 0 aliphatic heterocycles. The second-order valence-corrected chi connectivity index (χ2v) is 6.56. The summed E-state index contributed by atoms with van der Waals surface area (Å²) in [5, 5.41) is 2.72. The van der Waals surface area contributed by atoms with Crippen molar-refractivity contribution in [2.75, 3.05) is 0 Å². The van der Waals surface area contributed by atoms with E-state index in [9.17, 15) is 0 Å². The highest BCUT2D eigenvalue weighted by Crippen LogP contribution is 2.34. The summed E-state index contributed by atoms with van der Waals surface area (Å²) in [6, 6.07) is 21.4. The smallest absolute Gasteiger partial charge is 0.246 e. The minimum absolute atomic E-state index is 0. The van der Waals surface area contributed by atoms with Gasteiger partial charge in [-0.3, -0.25) is 0 Å². The van der Waals surface area contributed by atoms with Gasteiger partial charge >= 0.3 is 0 Å². The quantitative estimate of drug-likeness (QED) is 0.434. The van der Waals surface area contributed by atoms with Crippen LogP contribution in [0.5, 0.6) is 0 Å². The van der Waals surface area contributed by atoms with Gasteiger partial charge in [0, 0.05) is 10.6 Å². The molecule has 0 aliphatic rings. The van der Waals surface area contributed by atoms with E-state index in [4.69, 9.17) is 0 Å². The molecule has 0 atom stereocenters. The van der Waals surface area contributed by atoms with Gasteiger partial charge in [-0.15, -0.1) is 0 Å². The minimum Gasteiger partial charge on any atom is -1.00 e. The van der Waals surface area contributed by atoms with Gasteiger partial charge in [-0.05, 0) is 0 Å². The van der Waals surface area contributed by atoms with E-state index in [0.29, 0.717) is 0 Å². The van der Waals surface area contributed by atoms with Gasteiger partial charge in [-0.1, -0.05) is 60.7 Å². The van der Waals surface area contributed by atoms with E-state index < -0.39 is 8.07 Å². The summed E-state index contributed by atoms with van der Waals surface area (Å²) in [6.07, 6.45) is 6.37. The molecule has 3 rings (SSSR count). The fourth-order valence-electron chi connectivity index (χ4n) is 2.11. The first-order chi connectivity index (χ1) is 9.34. The van der Waals surface area contributed by atoms with Crippen LogP contribution in [0.15, 0.2) is 79.4 Å². The molecule has 4 heteroatoms. The standard InChI is InChI=1S/C16H16N2P.BrH/c1-17-12-13-18(14-17)19(15-8-4-2-5-9-15)16-10-6-3-7-11-16;/h2-14H,1H3;1H/q+1;/p-1. The van der Waals surface area contributed by atoms with Crippen molar-refractivity contribution < 1.29 is 21.5 Å². The van der Waals surface area contributed by atoms with Crippen LogP contribution < -0.4 is 32.2 Å². The molecular weight excluding hydrogens is 331 g/mol. The maximum Gasteiger partial charge on any atom is 0.246 e. The first-order valence-corrected chi connectivity index (χ1v) is 7.58. The number of imidazole rings is 1. The van der Waals surface area contributed by atoms with Crippen LogP contribution in [-0.2, 0) is 7.05 Å². The molecule has 0 radical (unpaired) electrons. The third kappa shape index (κ3) is 3.17. The van der Waals surface area contributed by atoms with Gasteiger partial charge in [0.15, 0.2) is 8.07 Å². The molecule has 1 heterocycles. The van der Waals surface area contributed by atoms with Crippen molar-refractivity contribution in [1.82, 2.24) is 4.34 Å². The number of nitrogens with zero attached hydrogens (tertiary/aromatic N) is 2. The molecule has 0 N–H and O–H groups in total. The zero-order valence-corrected chi connectivity index (χ0v) is 13.7. The molecule has 20 heavy (non-hydrogen) atoms. The Morgan fingerprint density at radius 1 is 0.850 bits per heavy atom. The molecular formula is C16H16BrN2P. The Morgan fingerprint density at radius 3 is 1.75 bits per heavy atom. The van der Waals surface area contributed by atoms with Crippen molar-refractivity contribution >= 4 is 18.7 Å². The van der Waals surface area contributed by atoms with Gasteiger partial charge in [0.05, 0.1) is 7.05 Å². The topological polar surface area (TPSA) is 8.81 Å². The van der Waals surface area contributed by atoms with Crippen LogP contribution in [0.25, 0.3) is 0 Å². The van der Waals surface area contributed by atoms with Gasteiger partial charge in [0.2, 0.25) is 6.33 Å². The van der Waals surface area contributed by atoms with Crippen molar-refractivity contribution in [2.45, 2.75) is 0 Å². The first-order valence-electron chi connectivity index (χ1n) is 6.28. The second kappa shape index (κ2) is 6.83. The fourth-order valence-corrected chi connectivity index (χ4v) is 4.31. The van der Waals surface area contributed by atoms with Crippen molar-refractivity contribution in [3.05, 3.63) is 79.4 Å². The summed E-state index contributed by atoms with van der Waals surface area (Å²) in [4.78, 5) is 0. The lowest BCUT2D eigenvalue weighted by Crippen LogP contribution is -3.00. The highest BCUT2D eigenvalue weighted by atomic mass is 79.9. The van der Waals surface area contributed by atoms with E-state index >= 15 is 0 Å². The van der Waals surface area contributed by atoms with Gasteiger partial charge in [-0.25, -0.2) is 8.90 Å². The van der Waals surface area contributed by atoms with E-state index in [1.807, 2.05) is 0 Å². The number of hydrogen-bond donors (Lipinski definition) is 0. The van der Waals surface area contributed by atoms with E-state index in [1.165, 1.54) is 10.6 Å². The summed E-state index contributed by atoms with van der Waals surface area (Å²) < 4.78 is 4.39. The minimum atomic E-state index is -0.529. The normalized spacial score (nSPS) is 10.3. The van der Waals surface area contributed by atoms with Crippen molar-refractivity contribution in [2.24, 2.45) is 7.05 Å². The van der Waals surface area contributed by atoms with Gasteiger partial charge in [-0.2, -0.15) is 0 Å². The highest BCUT2D eigenvalue weighted by Gasteiger charge is 2.21. The molecule has 0 amide bonds. The summed E-state index contributed by atoms with van der Waals surface area (Å²) in [7, 11) is 1.53. The third-order valence-corrected chi connectivity index (χ3v) is 5.26. The number of benzene rings is 2. The number of halogens is 1. The van der Waals surface area contributed by atoms with Crippen LogP contribution >= 0.6 is 8.07 Å². The zero-order valence-electron chi connectivity index (χ0n) is 11.2.